The largest absolute Gasteiger partial charge is 0.465 e. The van der Waals surface area contributed by atoms with Crippen LogP contribution in [0.25, 0.3) is 0 Å². The van der Waals surface area contributed by atoms with E-state index in [9.17, 15) is 27.2 Å². The number of alkyl carbamates (subject to hydrolysis) is 1. The second-order valence-corrected chi connectivity index (χ2v) is 3.76. The summed E-state index contributed by atoms with van der Waals surface area (Å²) in [7, 11) is 0. The van der Waals surface area contributed by atoms with Crippen LogP contribution in [-0.2, 0) is 17.5 Å². The first-order chi connectivity index (χ1) is 9.68. The lowest BCUT2D eigenvalue weighted by Crippen LogP contribution is -2.31. The van der Waals surface area contributed by atoms with Crippen LogP contribution in [0.3, 0.4) is 0 Å². The summed E-state index contributed by atoms with van der Waals surface area (Å²) >= 11 is 0. The van der Waals surface area contributed by atoms with Crippen molar-refractivity contribution < 1.29 is 37.0 Å². The van der Waals surface area contributed by atoms with Crippen molar-refractivity contribution in [1.29, 1.82) is 0 Å². The number of amides is 2. The van der Waals surface area contributed by atoms with Crippen LogP contribution < -0.4 is 10.6 Å². The third-order valence-corrected chi connectivity index (χ3v) is 2.15. The first kappa shape index (κ1) is 16.5. The lowest BCUT2D eigenvalue weighted by molar-refractivity contribution is -0.137. The Bertz CT molecular complexity index is 533. The maximum atomic E-state index is 13.1. The standard InChI is InChI=1S/C11H10F4N2O4/c12-8-2-6(1-7(3-8)11(13,14)15)4-16-10(20)21-5-17-9(18)19/h1-3,17H,4-5H2,(H,16,20)(H,18,19). The van der Waals surface area contributed by atoms with Gasteiger partial charge in [0.05, 0.1) is 5.56 Å². The van der Waals surface area contributed by atoms with E-state index in [1.807, 2.05) is 0 Å². The molecule has 0 saturated carbocycles. The predicted octanol–water partition coefficient (Wildman–Crippen LogP) is 2.30. The van der Waals surface area contributed by atoms with Gasteiger partial charge in [0, 0.05) is 6.54 Å². The Kier molecular flexibility index (Phi) is 5.33. The van der Waals surface area contributed by atoms with Crippen molar-refractivity contribution in [1.82, 2.24) is 10.6 Å². The molecule has 0 fully saturated rings. The van der Waals surface area contributed by atoms with Gasteiger partial charge < -0.3 is 15.2 Å². The van der Waals surface area contributed by atoms with Crippen LogP contribution in [0, 0.1) is 5.82 Å². The van der Waals surface area contributed by atoms with E-state index in [0.717, 1.165) is 6.07 Å². The number of halogens is 4. The van der Waals surface area contributed by atoms with Gasteiger partial charge in [-0.3, -0.25) is 5.32 Å². The van der Waals surface area contributed by atoms with Crippen molar-refractivity contribution in [2.24, 2.45) is 0 Å². The molecule has 3 N–H and O–H groups in total. The van der Waals surface area contributed by atoms with Gasteiger partial charge in [0.2, 0.25) is 0 Å². The van der Waals surface area contributed by atoms with Crippen molar-refractivity contribution in [2.75, 3.05) is 6.73 Å². The fraction of sp³-hybridized carbons (Fsp3) is 0.273. The van der Waals surface area contributed by atoms with E-state index in [1.54, 1.807) is 5.32 Å². The van der Waals surface area contributed by atoms with E-state index in [4.69, 9.17) is 5.11 Å². The van der Waals surface area contributed by atoms with Crippen LogP contribution in [0.5, 0.6) is 0 Å². The van der Waals surface area contributed by atoms with Gasteiger partial charge >= 0.3 is 18.4 Å². The van der Waals surface area contributed by atoms with Crippen molar-refractivity contribution in [3.63, 3.8) is 0 Å². The van der Waals surface area contributed by atoms with Gasteiger partial charge in [-0.25, -0.2) is 14.0 Å². The molecular weight excluding hydrogens is 300 g/mol. The molecule has 116 valence electrons. The molecule has 0 bridgehead atoms. The van der Waals surface area contributed by atoms with Crippen LogP contribution in [0.4, 0.5) is 27.2 Å². The lowest BCUT2D eigenvalue weighted by Gasteiger charge is -2.10. The Morgan fingerprint density at radius 2 is 1.86 bits per heavy atom. The molecule has 1 rings (SSSR count). The number of alkyl halides is 3. The van der Waals surface area contributed by atoms with Gasteiger partial charge in [-0.05, 0) is 23.8 Å². The van der Waals surface area contributed by atoms with Crippen LogP contribution in [0.1, 0.15) is 11.1 Å². The molecule has 0 heterocycles. The third kappa shape index (κ3) is 5.97. The number of ether oxygens (including phenoxy) is 1. The number of benzene rings is 1. The summed E-state index contributed by atoms with van der Waals surface area (Å²) < 4.78 is 54.7. The monoisotopic (exact) mass is 310 g/mol. The quantitative estimate of drug-likeness (QED) is 0.588. The maximum Gasteiger partial charge on any atom is 0.416 e. The highest BCUT2D eigenvalue weighted by atomic mass is 19.4. The molecule has 0 saturated heterocycles. The molecular formula is C11H10F4N2O4. The molecule has 0 radical (unpaired) electrons. The molecule has 0 atom stereocenters. The number of rotatable bonds is 4. The zero-order valence-electron chi connectivity index (χ0n) is 10.3. The topological polar surface area (TPSA) is 87.7 Å². The van der Waals surface area contributed by atoms with Crippen LogP contribution in [0.2, 0.25) is 0 Å². The summed E-state index contributed by atoms with van der Waals surface area (Å²) in [6, 6.07) is 1.84. The normalized spacial score (nSPS) is 10.9. The SMILES string of the molecule is O=C(O)NCOC(=O)NCc1cc(F)cc(C(F)(F)F)c1. The summed E-state index contributed by atoms with van der Waals surface area (Å²) in [6.07, 6.45) is -7.19. The Morgan fingerprint density at radius 3 is 2.43 bits per heavy atom. The highest BCUT2D eigenvalue weighted by Crippen LogP contribution is 2.30. The van der Waals surface area contributed by atoms with Gasteiger partial charge in [0.15, 0.2) is 6.73 Å². The van der Waals surface area contributed by atoms with Crippen molar-refractivity contribution in [2.45, 2.75) is 12.7 Å². The Balaban J connectivity index is 2.57. The smallest absolute Gasteiger partial charge is 0.416 e. The number of hydrogen-bond acceptors (Lipinski definition) is 3. The fourth-order valence-corrected chi connectivity index (χ4v) is 1.30. The zero-order valence-corrected chi connectivity index (χ0v) is 10.3. The molecule has 10 heteroatoms. The van der Waals surface area contributed by atoms with Crippen molar-refractivity contribution in [3.05, 3.63) is 35.1 Å². The summed E-state index contributed by atoms with van der Waals surface area (Å²) in [6.45, 7) is -1.04. The van der Waals surface area contributed by atoms with E-state index in [2.05, 4.69) is 10.1 Å². The minimum atomic E-state index is -4.71. The third-order valence-electron chi connectivity index (χ3n) is 2.15. The average Bonchev–Trinajstić information content (AvgIpc) is 2.34. The maximum absolute atomic E-state index is 13.1. The molecule has 0 unspecified atom stereocenters. The van der Waals surface area contributed by atoms with Crippen molar-refractivity contribution in [3.8, 4) is 0 Å². The first-order valence-corrected chi connectivity index (χ1v) is 5.42. The fourth-order valence-electron chi connectivity index (χ4n) is 1.30. The molecule has 6 nitrogen and oxygen atoms in total. The minimum absolute atomic E-state index is 0.120. The van der Waals surface area contributed by atoms with Crippen molar-refractivity contribution >= 4 is 12.2 Å². The van der Waals surface area contributed by atoms with E-state index < -0.39 is 43.0 Å². The summed E-state index contributed by atoms with van der Waals surface area (Å²) in [5.41, 5.74) is -1.30. The molecule has 21 heavy (non-hydrogen) atoms. The van der Waals surface area contributed by atoms with Gasteiger partial charge in [-0.1, -0.05) is 0 Å². The van der Waals surface area contributed by atoms with E-state index in [1.165, 1.54) is 0 Å². The highest BCUT2D eigenvalue weighted by Gasteiger charge is 2.31. The van der Waals surface area contributed by atoms with E-state index >= 15 is 0 Å². The molecule has 0 aliphatic carbocycles. The minimum Gasteiger partial charge on any atom is -0.465 e. The number of hydrogen-bond donors (Lipinski definition) is 3. The first-order valence-electron chi connectivity index (χ1n) is 5.42. The Hall–Kier alpha value is -2.52. The second kappa shape index (κ2) is 6.77. The number of nitrogens with one attached hydrogen (secondary N) is 2. The number of carbonyl (C=O) groups is 2. The Labute approximate surface area is 115 Å². The molecule has 1 aromatic rings. The summed E-state index contributed by atoms with van der Waals surface area (Å²) in [5.74, 6) is -1.09. The van der Waals surface area contributed by atoms with Gasteiger partial charge in [0.25, 0.3) is 0 Å². The number of carbonyl (C=O) groups excluding carboxylic acids is 1. The summed E-state index contributed by atoms with van der Waals surface area (Å²) in [5, 5.41) is 12.0. The molecule has 0 spiro atoms. The molecule has 0 aliphatic rings. The summed E-state index contributed by atoms with van der Waals surface area (Å²) in [4.78, 5) is 21.1. The molecule has 0 aliphatic heterocycles. The van der Waals surface area contributed by atoms with Crippen LogP contribution in [-0.4, -0.2) is 24.0 Å². The van der Waals surface area contributed by atoms with E-state index in [-0.39, 0.29) is 5.56 Å². The average molecular weight is 310 g/mol. The zero-order chi connectivity index (χ0) is 16.0. The highest BCUT2D eigenvalue weighted by molar-refractivity contribution is 5.68. The van der Waals surface area contributed by atoms with E-state index in [0.29, 0.717) is 12.1 Å². The van der Waals surface area contributed by atoms with Crippen LogP contribution >= 0.6 is 0 Å². The lowest BCUT2D eigenvalue weighted by atomic mass is 10.1. The predicted molar refractivity (Wildman–Crippen MR) is 60.8 cm³/mol. The molecule has 0 aromatic heterocycles. The van der Waals surface area contributed by atoms with Gasteiger partial charge in [-0.15, -0.1) is 0 Å². The number of carboxylic acid groups (broad SMARTS) is 1. The second-order valence-electron chi connectivity index (χ2n) is 3.76. The molecule has 2 amide bonds. The van der Waals surface area contributed by atoms with Crippen LogP contribution in [0.15, 0.2) is 18.2 Å². The Morgan fingerprint density at radius 1 is 1.19 bits per heavy atom. The molecule has 1 aromatic carbocycles. The van der Waals surface area contributed by atoms with Gasteiger partial charge in [-0.2, -0.15) is 13.2 Å². The van der Waals surface area contributed by atoms with Gasteiger partial charge in [0.1, 0.15) is 5.82 Å².